The van der Waals surface area contributed by atoms with E-state index in [0.29, 0.717) is 0 Å². The molecular weight excluding hydrogens is 218 g/mol. The van der Waals surface area contributed by atoms with E-state index in [9.17, 15) is 13.6 Å². The number of alkyl halides is 2. The molecule has 1 N–H and O–H groups in total. The molecule has 2 rings (SSSR count). The Labute approximate surface area is 88.6 Å². The molecule has 0 saturated heterocycles. The number of halogens is 2. The lowest BCUT2D eigenvalue weighted by Gasteiger charge is -2.12. The normalized spacial score (nSPS) is 11.6. The fraction of sp³-hybridized carbons (Fsp3) is 0.100. The van der Waals surface area contributed by atoms with Gasteiger partial charge in [-0.2, -0.15) is 8.78 Å². The predicted molar refractivity (Wildman–Crippen MR) is 51.1 cm³/mol. The van der Waals surface area contributed by atoms with E-state index >= 15 is 0 Å². The highest BCUT2D eigenvalue weighted by Crippen LogP contribution is 2.32. The number of benzene rings is 1. The van der Waals surface area contributed by atoms with Gasteiger partial charge in [-0.3, -0.25) is 9.97 Å². The van der Waals surface area contributed by atoms with Crippen molar-refractivity contribution < 1.29 is 18.7 Å². The Hall–Kier alpha value is -2.11. The van der Waals surface area contributed by atoms with Crippen molar-refractivity contribution in [1.82, 2.24) is 9.97 Å². The average molecular weight is 224 g/mol. The molecule has 1 heterocycles. The van der Waals surface area contributed by atoms with Crippen molar-refractivity contribution in [3.8, 4) is 0 Å². The molecule has 6 heteroatoms. The Morgan fingerprint density at radius 2 is 1.94 bits per heavy atom. The number of carboxylic acids is 1. The van der Waals surface area contributed by atoms with E-state index in [-0.39, 0.29) is 11.0 Å². The molecule has 2 aromatic rings. The molecule has 0 aliphatic rings. The van der Waals surface area contributed by atoms with E-state index in [4.69, 9.17) is 5.11 Å². The number of rotatable bonds is 2. The van der Waals surface area contributed by atoms with Gasteiger partial charge in [-0.1, -0.05) is 12.1 Å². The maximum absolute atomic E-state index is 13.3. The average Bonchev–Trinajstić information content (AvgIpc) is 2.28. The third-order valence-electron chi connectivity index (χ3n) is 2.11. The highest BCUT2D eigenvalue weighted by Gasteiger charge is 2.42. The van der Waals surface area contributed by atoms with Crippen LogP contribution in [-0.2, 0) is 10.7 Å². The molecule has 0 atom stereocenters. The lowest BCUT2D eigenvalue weighted by atomic mass is 10.1. The van der Waals surface area contributed by atoms with Crippen molar-refractivity contribution in [2.45, 2.75) is 5.92 Å². The van der Waals surface area contributed by atoms with Gasteiger partial charge in [0, 0.05) is 12.4 Å². The van der Waals surface area contributed by atoms with E-state index in [2.05, 4.69) is 9.97 Å². The van der Waals surface area contributed by atoms with Crippen LogP contribution >= 0.6 is 0 Å². The minimum atomic E-state index is -3.96. The Kier molecular flexibility index (Phi) is 2.26. The molecule has 0 spiro atoms. The van der Waals surface area contributed by atoms with Gasteiger partial charge in [0.05, 0.1) is 16.6 Å². The van der Waals surface area contributed by atoms with Crippen molar-refractivity contribution in [2.24, 2.45) is 0 Å². The molecule has 0 fully saturated rings. The van der Waals surface area contributed by atoms with Crippen molar-refractivity contribution >= 4 is 17.0 Å². The summed E-state index contributed by atoms with van der Waals surface area (Å²) in [7, 11) is 0. The zero-order chi connectivity index (χ0) is 11.8. The largest absolute Gasteiger partial charge is 0.477 e. The summed E-state index contributed by atoms with van der Waals surface area (Å²) in [5.41, 5.74) is -0.510. The molecule has 16 heavy (non-hydrogen) atoms. The fourth-order valence-electron chi connectivity index (χ4n) is 1.36. The van der Waals surface area contributed by atoms with Gasteiger partial charge in [-0.05, 0) is 6.07 Å². The maximum Gasteiger partial charge on any atom is 0.379 e. The molecular formula is C10H6F2N2O2. The number of nitrogens with zero attached hydrogens (tertiary/aromatic N) is 2. The van der Waals surface area contributed by atoms with Crippen LogP contribution in [0.1, 0.15) is 5.56 Å². The topological polar surface area (TPSA) is 63.1 Å². The number of hydrogen-bond donors (Lipinski definition) is 1. The smallest absolute Gasteiger partial charge is 0.379 e. The van der Waals surface area contributed by atoms with Crippen LogP contribution in [0.5, 0.6) is 0 Å². The molecule has 1 aromatic heterocycles. The van der Waals surface area contributed by atoms with E-state index in [1.54, 1.807) is 0 Å². The minimum absolute atomic E-state index is 0.0996. The van der Waals surface area contributed by atoms with Crippen molar-refractivity contribution in [3.63, 3.8) is 0 Å². The van der Waals surface area contributed by atoms with Gasteiger partial charge < -0.3 is 5.11 Å². The lowest BCUT2D eigenvalue weighted by molar-refractivity contribution is -0.166. The Balaban J connectivity index is 2.74. The van der Waals surface area contributed by atoms with Gasteiger partial charge in [-0.25, -0.2) is 4.79 Å². The van der Waals surface area contributed by atoms with Gasteiger partial charge in [0.1, 0.15) is 0 Å². The number of fused-ring (bicyclic) bond motifs is 1. The monoisotopic (exact) mass is 224 g/mol. The summed E-state index contributed by atoms with van der Waals surface area (Å²) in [5.74, 6) is -6.17. The van der Waals surface area contributed by atoms with Gasteiger partial charge in [-0.15, -0.1) is 0 Å². The summed E-state index contributed by atoms with van der Waals surface area (Å²) >= 11 is 0. The van der Waals surface area contributed by atoms with Crippen LogP contribution in [0.25, 0.3) is 11.0 Å². The van der Waals surface area contributed by atoms with Crippen molar-refractivity contribution in [2.75, 3.05) is 0 Å². The molecule has 0 aliphatic heterocycles. The van der Waals surface area contributed by atoms with Crippen molar-refractivity contribution in [1.29, 1.82) is 0 Å². The summed E-state index contributed by atoms with van der Waals surface area (Å²) in [4.78, 5) is 18.0. The lowest BCUT2D eigenvalue weighted by Crippen LogP contribution is -2.25. The summed E-state index contributed by atoms with van der Waals surface area (Å²) in [5, 5.41) is 8.46. The van der Waals surface area contributed by atoms with Crippen molar-refractivity contribution in [3.05, 3.63) is 36.2 Å². The first-order valence-electron chi connectivity index (χ1n) is 4.35. The second-order valence-corrected chi connectivity index (χ2v) is 3.11. The zero-order valence-corrected chi connectivity index (χ0v) is 7.89. The number of para-hydroxylation sites is 1. The zero-order valence-electron chi connectivity index (χ0n) is 7.89. The number of hydrogen-bond acceptors (Lipinski definition) is 3. The molecule has 0 saturated carbocycles. The maximum atomic E-state index is 13.3. The van der Waals surface area contributed by atoms with Gasteiger partial charge in [0.25, 0.3) is 0 Å². The second kappa shape index (κ2) is 3.48. The Bertz CT molecular complexity index is 552. The molecule has 1 aromatic carbocycles. The van der Waals surface area contributed by atoms with E-state index in [1.807, 2.05) is 0 Å². The standard InChI is InChI=1S/C10H6F2N2O2/c11-10(12,9(15)16)6-2-1-3-7-8(6)14-5-4-13-7/h1-5H,(H,15,16). The number of aromatic nitrogens is 2. The molecule has 4 nitrogen and oxygen atoms in total. The van der Waals surface area contributed by atoms with Crippen LogP contribution in [-0.4, -0.2) is 21.0 Å². The van der Waals surface area contributed by atoms with E-state index in [1.165, 1.54) is 24.5 Å². The molecule has 0 unspecified atom stereocenters. The summed E-state index contributed by atoms with van der Waals surface area (Å²) in [6.45, 7) is 0. The SMILES string of the molecule is O=C(O)C(F)(F)c1cccc2nccnc12. The minimum Gasteiger partial charge on any atom is -0.477 e. The summed E-state index contributed by atoms with van der Waals surface area (Å²) in [6.07, 6.45) is 2.59. The van der Waals surface area contributed by atoms with Gasteiger partial charge in [0.2, 0.25) is 0 Å². The van der Waals surface area contributed by atoms with Crippen LogP contribution in [0, 0.1) is 0 Å². The summed E-state index contributed by atoms with van der Waals surface area (Å²) in [6, 6.07) is 3.85. The number of carbonyl (C=O) groups is 1. The quantitative estimate of drug-likeness (QED) is 0.844. The molecule has 0 radical (unpaired) electrons. The third-order valence-corrected chi connectivity index (χ3v) is 2.11. The Morgan fingerprint density at radius 1 is 1.25 bits per heavy atom. The van der Waals surface area contributed by atoms with Crippen LogP contribution < -0.4 is 0 Å². The predicted octanol–water partition coefficient (Wildman–Crippen LogP) is 1.81. The van der Waals surface area contributed by atoms with Crippen LogP contribution in [0.4, 0.5) is 8.78 Å². The van der Waals surface area contributed by atoms with Gasteiger partial charge in [0.15, 0.2) is 0 Å². The Morgan fingerprint density at radius 3 is 2.62 bits per heavy atom. The van der Waals surface area contributed by atoms with Crippen LogP contribution in [0.3, 0.4) is 0 Å². The van der Waals surface area contributed by atoms with Crippen LogP contribution in [0.15, 0.2) is 30.6 Å². The first-order chi connectivity index (χ1) is 7.53. The number of aliphatic carboxylic acids is 1. The molecule has 0 bridgehead atoms. The molecule has 82 valence electrons. The van der Waals surface area contributed by atoms with E-state index in [0.717, 1.165) is 6.07 Å². The first-order valence-corrected chi connectivity index (χ1v) is 4.35. The highest BCUT2D eigenvalue weighted by atomic mass is 19.3. The first kappa shape index (κ1) is 10.4. The van der Waals surface area contributed by atoms with Gasteiger partial charge >= 0.3 is 11.9 Å². The van der Waals surface area contributed by atoms with E-state index < -0.39 is 17.5 Å². The van der Waals surface area contributed by atoms with Crippen LogP contribution in [0.2, 0.25) is 0 Å². The number of carboxylic acid groups (broad SMARTS) is 1. The second-order valence-electron chi connectivity index (χ2n) is 3.11. The molecule has 0 aliphatic carbocycles. The highest BCUT2D eigenvalue weighted by molar-refractivity contribution is 5.86. The fourth-order valence-corrected chi connectivity index (χ4v) is 1.36. The third kappa shape index (κ3) is 1.48. The molecule has 0 amide bonds. The summed E-state index contributed by atoms with van der Waals surface area (Å²) < 4.78 is 26.7.